The van der Waals surface area contributed by atoms with E-state index in [0.717, 1.165) is 12.8 Å². The topological polar surface area (TPSA) is 61.4 Å². The number of benzene rings is 1. The zero-order valence-corrected chi connectivity index (χ0v) is 9.84. The van der Waals surface area contributed by atoms with Crippen LogP contribution in [-0.2, 0) is 0 Å². The highest BCUT2D eigenvalue weighted by molar-refractivity contribution is 6.31. The SMILES string of the molecule is CCCCNC(=O)Nc1cc(Cl)ccc1O. The number of hydrogen-bond acceptors (Lipinski definition) is 2. The second-order valence-electron chi connectivity index (χ2n) is 3.40. The molecular formula is C11H15ClN2O2. The first-order chi connectivity index (χ1) is 7.63. The Balaban J connectivity index is 2.52. The third-order valence-corrected chi connectivity index (χ3v) is 2.26. The minimum atomic E-state index is -0.342. The fourth-order valence-electron chi connectivity index (χ4n) is 1.15. The Morgan fingerprint density at radius 2 is 2.25 bits per heavy atom. The Morgan fingerprint density at radius 1 is 1.50 bits per heavy atom. The molecule has 0 heterocycles. The molecule has 0 radical (unpaired) electrons. The Labute approximate surface area is 99.6 Å². The van der Waals surface area contributed by atoms with Crippen molar-refractivity contribution >= 4 is 23.3 Å². The number of aromatic hydroxyl groups is 1. The first-order valence-electron chi connectivity index (χ1n) is 5.17. The lowest BCUT2D eigenvalue weighted by atomic mass is 10.3. The predicted octanol–water partition coefficient (Wildman–Crippen LogP) is 2.97. The summed E-state index contributed by atoms with van der Waals surface area (Å²) in [4.78, 5) is 11.4. The molecule has 3 N–H and O–H groups in total. The van der Waals surface area contributed by atoms with Crippen molar-refractivity contribution in [1.29, 1.82) is 0 Å². The standard InChI is InChI=1S/C11H15ClN2O2/c1-2-3-6-13-11(16)14-9-7-8(12)4-5-10(9)15/h4-5,7,15H,2-3,6H2,1H3,(H2,13,14,16). The van der Waals surface area contributed by atoms with Gasteiger partial charge in [0.05, 0.1) is 5.69 Å². The molecule has 5 heteroatoms. The van der Waals surface area contributed by atoms with Crippen LogP contribution in [0.5, 0.6) is 5.75 Å². The van der Waals surface area contributed by atoms with Crippen LogP contribution >= 0.6 is 11.6 Å². The van der Waals surface area contributed by atoms with Crippen LogP contribution in [0.2, 0.25) is 5.02 Å². The first-order valence-corrected chi connectivity index (χ1v) is 5.54. The number of phenols is 1. The highest BCUT2D eigenvalue weighted by Gasteiger charge is 2.05. The number of phenolic OH excluding ortho intramolecular Hbond substituents is 1. The molecule has 88 valence electrons. The number of unbranched alkanes of at least 4 members (excludes halogenated alkanes) is 1. The van der Waals surface area contributed by atoms with Gasteiger partial charge in [0.25, 0.3) is 0 Å². The quantitative estimate of drug-likeness (QED) is 0.562. The maximum atomic E-state index is 11.4. The smallest absolute Gasteiger partial charge is 0.319 e. The molecule has 0 aliphatic rings. The van der Waals surface area contributed by atoms with Gasteiger partial charge in [-0.25, -0.2) is 4.79 Å². The second-order valence-corrected chi connectivity index (χ2v) is 3.83. The van der Waals surface area contributed by atoms with Crippen LogP contribution in [0.15, 0.2) is 18.2 Å². The summed E-state index contributed by atoms with van der Waals surface area (Å²) in [6, 6.07) is 4.14. The van der Waals surface area contributed by atoms with E-state index in [2.05, 4.69) is 10.6 Å². The molecule has 0 aliphatic carbocycles. The summed E-state index contributed by atoms with van der Waals surface area (Å²) in [6.45, 7) is 2.66. The van der Waals surface area contributed by atoms with Crippen LogP contribution < -0.4 is 10.6 Å². The molecule has 1 aromatic rings. The van der Waals surface area contributed by atoms with Crippen LogP contribution in [0.25, 0.3) is 0 Å². The van der Waals surface area contributed by atoms with Crippen LogP contribution in [-0.4, -0.2) is 17.7 Å². The van der Waals surface area contributed by atoms with E-state index in [-0.39, 0.29) is 11.8 Å². The van der Waals surface area contributed by atoms with Gasteiger partial charge < -0.3 is 15.7 Å². The van der Waals surface area contributed by atoms with E-state index < -0.39 is 0 Å². The van der Waals surface area contributed by atoms with E-state index in [1.807, 2.05) is 6.92 Å². The molecule has 0 atom stereocenters. The van der Waals surface area contributed by atoms with Gasteiger partial charge in [-0.3, -0.25) is 0 Å². The van der Waals surface area contributed by atoms with Crippen molar-refractivity contribution in [2.45, 2.75) is 19.8 Å². The molecule has 0 spiro atoms. The first kappa shape index (κ1) is 12.6. The lowest BCUT2D eigenvalue weighted by Gasteiger charge is -2.08. The zero-order valence-electron chi connectivity index (χ0n) is 9.09. The highest BCUT2D eigenvalue weighted by Crippen LogP contribution is 2.26. The van der Waals surface area contributed by atoms with E-state index in [1.54, 1.807) is 6.07 Å². The summed E-state index contributed by atoms with van der Waals surface area (Å²) in [6.07, 6.45) is 1.94. The van der Waals surface area contributed by atoms with E-state index in [4.69, 9.17) is 11.6 Å². The van der Waals surface area contributed by atoms with Crippen LogP contribution in [0, 0.1) is 0 Å². The molecular weight excluding hydrogens is 228 g/mol. The summed E-state index contributed by atoms with van der Waals surface area (Å²) < 4.78 is 0. The number of amides is 2. The predicted molar refractivity (Wildman–Crippen MR) is 65.0 cm³/mol. The van der Waals surface area contributed by atoms with Crippen LogP contribution in [0.1, 0.15) is 19.8 Å². The number of anilines is 1. The summed E-state index contributed by atoms with van der Waals surface area (Å²) in [5, 5.41) is 15.1. The van der Waals surface area contributed by atoms with E-state index in [9.17, 15) is 9.90 Å². The number of halogens is 1. The molecule has 0 aliphatic heterocycles. The third-order valence-electron chi connectivity index (χ3n) is 2.02. The molecule has 1 aromatic carbocycles. The average Bonchev–Trinajstić information content (AvgIpc) is 2.24. The summed E-state index contributed by atoms with van der Waals surface area (Å²) in [5.41, 5.74) is 0.307. The molecule has 0 unspecified atom stereocenters. The van der Waals surface area contributed by atoms with Crippen molar-refractivity contribution in [2.24, 2.45) is 0 Å². The normalized spacial score (nSPS) is 9.88. The molecule has 1 rings (SSSR count). The lowest BCUT2D eigenvalue weighted by molar-refractivity contribution is 0.252. The van der Waals surface area contributed by atoms with Crippen LogP contribution in [0.4, 0.5) is 10.5 Å². The number of hydrogen-bond donors (Lipinski definition) is 3. The second kappa shape index (κ2) is 6.23. The number of carbonyl (C=O) groups excluding carboxylic acids is 1. The van der Waals surface area contributed by atoms with Crippen molar-refractivity contribution < 1.29 is 9.90 Å². The molecule has 0 bridgehead atoms. The number of rotatable bonds is 4. The van der Waals surface area contributed by atoms with Gasteiger partial charge in [0.2, 0.25) is 0 Å². The molecule has 4 nitrogen and oxygen atoms in total. The molecule has 0 saturated heterocycles. The van der Waals surface area contributed by atoms with Gasteiger partial charge in [-0.15, -0.1) is 0 Å². The Kier molecular flexibility index (Phi) is 4.92. The van der Waals surface area contributed by atoms with Crippen molar-refractivity contribution in [3.8, 4) is 5.75 Å². The van der Waals surface area contributed by atoms with Gasteiger partial charge in [0.15, 0.2) is 0 Å². The molecule has 0 aromatic heterocycles. The summed E-state index contributed by atoms with van der Waals surface area (Å²) >= 11 is 5.74. The van der Waals surface area contributed by atoms with Crippen molar-refractivity contribution in [2.75, 3.05) is 11.9 Å². The van der Waals surface area contributed by atoms with E-state index in [1.165, 1.54) is 12.1 Å². The molecule has 0 saturated carbocycles. The number of carbonyl (C=O) groups is 1. The van der Waals surface area contributed by atoms with Gasteiger partial charge in [-0.2, -0.15) is 0 Å². The fourth-order valence-corrected chi connectivity index (χ4v) is 1.33. The van der Waals surface area contributed by atoms with Crippen molar-refractivity contribution in [1.82, 2.24) is 5.32 Å². The molecule has 0 fully saturated rings. The van der Waals surface area contributed by atoms with Crippen LogP contribution in [0.3, 0.4) is 0 Å². The number of urea groups is 1. The van der Waals surface area contributed by atoms with Gasteiger partial charge in [-0.05, 0) is 24.6 Å². The summed E-state index contributed by atoms with van der Waals surface area (Å²) in [7, 11) is 0. The Bertz CT molecular complexity index is 369. The monoisotopic (exact) mass is 242 g/mol. The van der Waals surface area contributed by atoms with Gasteiger partial charge in [-0.1, -0.05) is 24.9 Å². The number of nitrogens with one attached hydrogen (secondary N) is 2. The van der Waals surface area contributed by atoms with Gasteiger partial charge in [0, 0.05) is 11.6 Å². The van der Waals surface area contributed by atoms with E-state index in [0.29, 0.717) is 17.3 Å². The third kappa shape index (κ3) is 3.98. The zero-order chi connectivity index (χ0) is 12.0. The maximum Gasteiger partial charge on any atom is 0.319 e. The van der Waals surface area contributed by atoms with E-state index >= 15 is 0 Å². The Hall–Kier alpha value is -1.42. The molecule has 16 heavy (non-hydrogen) atoms. The minimum absolute atomic E-state index is 0.00459. The Morgan fingerprint density at radius 3 is 2.94 bits per heavy atom. The minimum Gasteiger partial charge on any atom is -0.506 e. The average molecular weight is 243 g/mol. The highest BCUT2D eigenvalue weighted by atomic mass is 35.5. The maximum absolute atomic E-state index is 11.4. The largest absolute Gasteiger partial charge is 0.506 e. The van der Waals surface area contributed by atoms with Gasteiger partial charge >= 0.3 is 6.03 Å². The van der Waals surface area contributed by atoms with Crippen molar-refractivity contribution in [3.63, 3.8) is 0 Å². The summed E-state index contributed by atoms with van der Waals surface area (Å²) in [5.74, 6) is -0.00459. The fraction of sp³-hybridized carbons (Fsp3) is 0.364. The van der Waals surface area contributed by atoms with Gasteiger partial charge in [0.1, 0.15) is 5.75 Å². The lowest BCUT2D eigenvalue weighted by Crippen LogP contribution is -2.29. The van der Waals surface area contributed by atoms with Crippen molar-refractivity contribution in [3.05, 3.63) is 23.2 Å². The molecule has 2 amide bonds.